The summed E-state index contributed by atoms with van der Waals surface area (Å²) in [5.41, 5.74) is 0.441. The molecule has 0 aromatic carbocycles. The maximum Gasteiger partial charge on any atom is 0.223 e. The minimum Gasteiger partial charge on any atom is -0.355 e. The Labute approximate surface area is 81.1 Å². The van der Waals surface area contributed by atoms with Crippen molar-refractivity contribution in [3.63, 3.8) is 0 Å². The van der Waals surface area contributed by atoms with Crippen molar-refractivity contribution in [3.8, 4) is 0 Å². The van der Waals surface area contributed by atoms with Crippen LogP contribution >= 0.6 is 0 Å². The molecule has 1 amide bonds. The SMILES string of the molecule is CC(C)(C)CNC(=O)[C@H]1CC1(C)C. The molecule has 2 heteroatoms. The zero-order valence-electron chi connectivity index (χ0n) is 9.40. The maximum absolute atomic E-state index is 11.6. The van der Waals surface area contributed by atoms with E-state index in [1.807, 2.05) is 0 Å². The Hall–Kier alpha value is -0.530. The van der Waals surface area contributed by atoms with Gasteiger partial charge in [0, 0.05) is 12.5 Å². The van der Waals surface area contributed by atoms with E-state index in [1.54, 1.807) is 0 Å². The van der Waals surface area contributed by atoms with Crippen molar-refractivity contribution in [1.29, 1.82) is 0 Å². The maximum atomic E-state index is 11.6. The van der Waals surface area contributed by atoms with Crippen LogP contribution in [0, 0.1) is 16.7 Å². The first kappa shape index (κ1) is 10.6. The summed E-state index contributed by atoms with van der Waals surface area (Å²) in [6.07, 6.45) is 1.04. The molecular weight excluding hydrogens is 162 g/mol. The molecule has 0 aliphatic heterocycles. The Balaban J connectivity index is 2.29. The van der Waals surface area contributed by atoms with Gasteiger partial charge in [-0.2, -0.15) is 0 Å². The summed E-state index contributed by atoms with van der Waals surface area (Å²) in [6.45, 7) is 11.5. The summed E-state index contributed by atoms with van der Waals surface area (Å²) in [5, 5.41) is 3.00. The summed E-state index contributed by atoms with van der Waals surface area (Å²) in [5.74, 6) is 0.495. The fourth-order valence-electron chi connectivity index (χ4n) is 1.39. The summed E-state index contributed by atoms with van der Waals surface area (Å²) in [7, 11) is 0. The van der Waals surface area contributed by atoms with Crippen LogP contribution < -0.4 is 5.32 Å². The second-order valence-corrected chi connectivity index (χ2v) is 6.02. The van der Waals surface area contributed by atoms with Gasteiger partial charge in [-0.3, -0.25) is 4.79 Å². The molecule has 1 rings (SSSR count). The molecule has 76 valence electrons. The number of rotatable bonds is 2. The van der Waals surface area contributed by atoms with E-state index in [9.17, 15) is 4.79 Å². The predicted octanol–water partition coefficient (Wildman–Crippen LogP) is 2.19. The van der Waals surface area contributed by atoms with E-state index in [0.29, 0.717) is 0 Å². The Kier molecular flexibility index (Phi) is 2.44. The molecule has 2 nitrogen and oxygen atoms in total. The molecule has 0 aromatic rings. The van der Waals surface area contributed by atoms with Crippen molar-refractivity contribution in [2.75, 3.05) is 6.54 Å². The third-order valence-electron chi connectivity index (χ3n) is 2.62. The van der Waals surface area contributed by atoms with Gasteiger partial charge in [-0.15, -0.1) is 0 Å². The summed E-state index contributed by atoms with van der Waals surface area (Å²) >= 11 is 0. The number of amides is 1. The molecule has 0 spiro atoms. The van der Waals surface area contributed by atoms with Gasteiger partial charge in [-0.1, -0.05) is 34.6 Å². The molecular formula is C11H21NO. The minimum absolute atomic E-state index is 0.189. The van der Waals surface area contributed by atoms with E-state index in [0.717, 1.165) is 13.0 Å². The lowest BCUT2D eigenvalue weighted by Crippen LogP contribution is -2.34. The molecule has 1 atom stereocenters. The van der Waals surface area contributed by atoms with Gasteiger partial charge in [-0.05, 0) is 17.3 Å². The van der Waals surface area contributed by atoms with E-state index in [1.165, 1.54) is 0 Å². The van der Waals surface area contributed by atoms with E-state index in [2.05, 4.69) is 39.9 Å². The average Bonchev–Trinajstić information content (AvgIpc) is 2.53. The smallest absolute Gasteiger partial charge is 0.223 e. The lowest BCUT2D eigenvalue weighted by Gasteiger charge is -2.19. The van der Waals surface area contributed by atoms with Crippen molar-refractivity contribution < 1.29 is 4.79 Å². The second kappa shape index (κ2) is 3.00. The van der Waals surface area contributed by atoms with Crippen molar-refractivity contribution in [3.05, 3.63) is 0 Å². The topological polar surface area (TPSA) is 29.1 Å². The monoisotopic (exact) mass is 183 g/mol. The summed E-state index contributed by atoms with van der Waals surface area (Å²) in [4.78, 5) is 11.6. The van der Waals surface area contributed by atoms with E-state index in [-0.39, 0.29) is 22.7 Å². The molecule has 0 unspecified atom stereocenters. The minimum atomic E-state index is 0.189. The predicted molar refractivity (Wildman–Crippen MR) is 54.4 cm³/mol. The third-order valence-corrected chi connectivity index (χ3v) is 2.62. The van der Waals surface area contributed by atoms with Crippen LogP contribution in [0.5, 0.6) is 0 Å². The van der Waals surface area contributed by atoms with Gasteiger partial charge >= 0.3 is 0 Å². The van der Waals surface area contributed by atoms with Gasteiger partial charge in [0.1, 0.15) is 0 Å². The first-order valence-electron chi connectivity index (χ1n) is 5.00. The highest BCUT2D eigenvalue weighted by atomic mass is 16.2. The normalized spacial score (nSPS) is 25.5. The van der Waals surface area contributed by atoms with Crippen LogP contribution in [-0.4, -0.2) is 12.5 Å². The lowest BCUT2D eigenvalue weighted by atomic mass is 9.97. The molecule has 1 saturated carbocycles. The molecule has 1 N–H and O–H groups in total. The number of carbonyl (C=O) groups is 1. The first-order valence-corrected chi connectivity index (χ1v) is 5.00. The largest absolute Gasteiger partial charge is 0.355 e. The number of hydrogen-bond donors (Lipinski definition) is 1. The third kappa shape index (κ3) is 3.02. The first-order chi connectivity index (χ1) is 5.72. The van der Waals surface area contributed by atoms with Crippen LogP contribution in [-0.2, 0) is 4.79 Å². The van der Waals surface area contributed by atoms with Crippen molar-refractivity contribution >= 4 is 5.91 Å². The lowest BCUT2D eigenvalue weighted by molar-refractivity contribution is -0.123. The van der Waals surface area contributed by atoms with Gasteiger partial charge in [0.2, 0.25) is 5.91 Å². The number of nitrogens with one attached hydrogen (secondary N) is 1. The highest BCUT2D eigenvalue weighted by molar-refractivity contribution is 5.82. The fraction of sp³-hybridized carbons (Fsp3) is 0.909. The van der Waals surface area contributed by atoms with Crippen molar-refractivity contribution in [2.24, 2.45) is 16.7 Å². The van der Waals surface area contributed by atoms with Crippen LogP contribution in [0.25, 0.3) is 0 Å². The molecule has 1 aliphatic carbocycles. The second-order valence-electron chi connectivity index (χ2n) is 6.02. The zero-order chi connectivity index (χ0) is 10.3. The summed E-state index contributed by atoms with van der Waals surface area (Å²) in [6, 6.07) is 0. The van der Waals surface area contributed by atoms with Crippen molar-refractivity contribution in [2.45, 2.75) is 41.0 Å². The van der Waals surface area contributed by atoms with Gasteiger partial charge in [0.05, 0.1) is 0 Å². The number of carbonyl (C=O) groups excluding carboxylic acids is 1. The Morgan fingerprint density at radius 2 is 1.92 bits per heavy atom. The van der Waals surface area contributed by atoms with Crippen LogP contribution in [0.4, 0.5) is 0 Å². The molecule has 0 aromatic heterocycles. The van der Waals surface area contributed by atoms with Gasteiger partial charge in [-0.25, -0.2) is 0 Å². The Morgan fingerprint density at radius 1 is 1.46 bits per heavy atom. The van der Waals surface area contributed by atoms with E-state index >= 15 is 0 Å². The molecule has 1 aliphatic rings. The highest BCUT2D eigenvalue weighted by Crippen LogP contribution is 2.51. The molecule has 0 bridgehead atoms. The molecule has 0 saturated heterocycles. The fourth-order valence-corrected chi connectivity index (χ4v) is 1.39. The standard InChI is InChI=1S/C11H21NO/c1-10(2,3)7-12-9(13)8-6-11(8,4)5/h8H,6-7H2,1-5H3,(H,12,13)/t8-/m1/s1. The molecule has 13 heavy (non-hydrogen) atoms. The van der Waals surface area contributed by atoms with Gasteiger partial charge in [0.15, 0.2) is 0 Å². The van der Waals surface area contributed by atoms with Gasteiger partial charge < -0.3 is 5.32 Å². The molecule has 0 radical (unpaired) electrons. The number of hydrogen-bond acceptors (Lipinski definition) is 1. The average molecular weight is 183 g/mol. The Morgan fingerprint density at radius 3 is 2.23 bits per heavy atom. The van der Waals surface area contributed by atoms with E-state index in [4.69, 9.17) is 0 Å². The van der Waals surface area contributed by atoms with Crippen LogP contribution in [0.2, 0.25) is 0 Å². The molecule has 1 fully saturated rings. The van der Waals surface area contributed by atoms with Crippen LogP contribution in [0.1, 0.15) is 41.0 Å². The quantitative estimate of drug-likeness (QED) is 0.698. The van der Waals surface area contributed by atoms with Gasteiger partial charge in [0.25, 0.3) is 0 Å². The molecule has 0 heterocycles. The van der Waals surface area contributed by atoms with Crippen molar-refractivity contribution in [1.82, 2.24) is 5.32 Å². The van der Waals surface area contributed by atoms with E-state index < -0.39 is 0 Å². The summed E-state index contributed by atoms with van der Waals surface area (Å²) < 4.78 is 0. The van der Waals surface area contributed by atoms with Crippen LogP contribution in [0.3, 0.4) is 0 Å². The zero-order valence-corrected chi connectivity index (χ0v) is 9.40. The van der Waals surface area contributed by atoms with Crippen LogP contribution in [0.15, 0.2) is 0 Å². The Bertz CT molecular complexity index is 213. The highest BCUT2D eigenvalue weighted by Gasteiger charge is 2.50.